The van der Waals surface area contributed by atoms with Gasteiger partial charge in [0.15, 0.2) is 11.5 Å². The molecule has 2 fully saturated rings. The molecular weight excluding hydrogens is 304 g/mol. The highest BCUT2D eigenvalue weighted by atomic mass is 16.3. The quantitative estimate of drug-likeness (QED) is 0.760. The highest BCUT2D eigenvalue weighted by Crippen LogP contribution is 2.65. The lowest BCUT2D eigenvalue weighted by atomic mass is 9.43. The maximum atomic E-state index is 12.2. The van der Waals surface area contributed by atoms with Crippen LogP contribution in [-0.2, 0) is 9.59 Å². The summed E-state index contributed by atoms with van der Waals surface area (Å²) in [4.78, 5) is 24.4. The smallest absolute Gasteiger partial charge is 0.222 e. The first-order valence-corrected chi connectivity index (χ1v) is 8.87. The molecule has 0 amide bonds. The van der Waals surface area contributed by atoms with Gasteiger partial charge in [-0.3, -0.25) is 9.59 Å². The van der Waals surface area contributed by atoms with Crippen LogP contribution in [0.3, 0.4) is 0 Å². The number of hydrogen-bond acceptors (Lipinski definition) is 4. The SMILES string of the molecule is C=C1C(=O)C(O)=C[C@@H]2[C@@]3(C)CC[C@](C)(C(=O)CO)C[C@@H]3CC[C@]12C. The zero-order valence-corrected chi connectivity index (χ0v) is 14.9. The number of allylic oxidation sites excluding steroid dienone is 2. The monoisotopic (exact) mass is 332 g/mol. The minimum atomic E-state index is -0.458. The number of fused-ring (bicyclic) bond motifs is 3. The highest BCUT2D eigenvalue weighted by Gasteiger charge is 2.60. The van der Waals surface area contributed by atoms with Crippen LogP contribution in [0.4, 0.5) is 0 Å². The highest BCUT2D eigenvalue weighted by molar-refractivity contribution is 6.08. The molecule has 4 nitrogen and oxygen atoms in total. The number of ketones is 2. The fourth-order valence-corrected chi connectivity index (χ4v) is 5.63. The molecule has 2 N–H and O–H groups in total. The molecule has 2 saturated carbocycles. The molecule has 3 rings (SSSR count). The van der Waals surface area contributed by atoms with Gasteiger partial charge in [-0.05, 0) is 55.4 Å². The molecule has 24 heavy (non-hydrogen) atoms. The fourth-order valence-electron chi connectivity index (χ4n) is 5.63. The van der Waals surface area contributed by atoms with Gasteiger partial charge in [-0.25, -0.2) is 0 Å². The zero-order valence-electron chi connectivity index (χ0n) is 14.9. The van der Waals surface area contributed by atoms with Gasteiger partial charge < -0.3 is 10.2 Å². The normalized spacial score (nSPS) is 45.2. The molecule has 132 valence electrons. The Labute approximate surface area is 143 Å². The van der Waals surface area contributed by atoms with Crippen LogP contribution >= 0.6 is 0 Å². The van der Waals surface area contributed by atoms with Gasteiger partial charge in [0.25, 0.3) is 0 Å². The Morgan fingerprint density at radius 1 is 1.29 bits per heavy atom. The van der Waals surface area contributed by atoms with E-state index in [1.165, 1.54) is 0 Å². The molecule has 4 heteroatoms. The van der Waals surface area contributed by atoms with Crippen LogP contribution < -0.4 is 0 Å². The summed E-state index contributed by atoms with van der Waals surface area (Å²) in [6.45, 7) is 9.90. The molecule has 3 aliphatic carbocycles. The summed E-state index contributed by atoms with van der Waals surface area (Å²) in [5, 5.41) is 19.4. The fraction of sp³-hybridized carbons (Fsp3) is 0.700. The third kappa shape index (κ3) is 2.15. The summed E-state index contributed by atoms with van der Waals surface area (Å²) in [6, 6.07) is 0. The van der Waals surface area contributed by atoms with Gasteiger partial charge in [-0.2, -0.15) is 0 Å². The Morgan fingerprint density at radius 2 is 1.96 bits per heavy atom. The zero-order chi connectivity index (χ0) is 17.9. The summed E-state index contributed by atoms with van der Waals surface area (Å²) in [5.74, 6) is -0.173. The summed E-state index contributed by atoms with van der Waals surface area (Å²) >= 11 is 0. The summed E-state index contributed by atoms with van der Waals surface area (Å²) < 4.78 is 0. The molecule has 3 aliphatic rings. The second-order valence-electron chi connectivity index (χ2n) is 8.84. The van der Waals surface area contributed by atoms with E-state index in [2.05, 4.69) is 20.4 Å². The Morgan fingerprint density at radius 3 is 2.58 bits per heavy atom. The molecule has 0 unspecified atom stereocenters. The van der Waals surface area contributed by atoms with Crippen molar-refractivity contribution < 1.29 is 19.8 Å². The largest absolute Gasteiger partial charge is 0.504 e. The predicted molar refractivity (Wildman–Crippen MR) is 91.3 cm³/mol. The summed E-state index contributed by atoms with van der Waals surface area (Å²) in [6.07, 6.45) is 5.89. The number of aliphatic hydroxyl groups is 2. The van der Waals surface area contributed by atoms with Crippen molar-refractivity contribution in [1.29, 1.82) is 0 Å². The van der Waals surface area contributed by atoms with E-state index in [9.17, 15) is 19.8 Å². The Bertz CT molecular complexity index is 648. The molecule has 5 atom stereocenters. The molecule has 0 aliphatic heterocycles. The van der Waals surface area contributed by atoms with Gasteiger partial charge in [0.05, 0.1) is 0 Å². The lowest BCUT2D eigenvalue weighted by Crippen LogP contribution is -2.55. The van der Waals surface area contributed by atoms with Gasteiger partial charge in [0.1, 0.15) is 6.61 Å². The molecule has 0 aromatic heterocycles. The van der Waals surface area contributed by atoms with Crippen molar-refractivity contribution in [1.82, 2.24) is 0 Å². The lowest BCUT2D eigenvalue weighted by molar-refractivity contribution is -0.142. The Balaban J connectivity index is 1.99. The number of hydrogen-bond donors (Lipinski definition) is 2. The number of rotatable bonds is 2. The molecule has 0 aromatic rings. The van der Waals surface area contributed by atoms with E-state index in [0.29, 0.717) is 11.5 Å². The van der Waals surface area contributed by atoms with Gasteiger partial charge in [-0.1, -0.05) is 27.4 Å². The predicted octanol–water partition coefficient (Wildman–Crippen LogP) is 3.36. The van der Waals surface area contributed by atoms with Crippen LogP contribution in [0.25, 0.3) is 0 Å². The van der Waals surface area contributed by atoms with Crippen LogP contribution in [0.15, 0.2) is 24.0 Å². The molecule has 0 spiro atoms. The Kier molecular flexibility index (Phi) is 3.83. The second kappa shape index (κ2) is 5.29. The van der Waals surface area contributed by atoms with Crippen LogP contribution in [0.2, 0.25) is 0 Å². The van der Waals surface area contributed by atoms with E-state index >= 15 is 0 Å². The average Bonchev–Trinajstić information content (AvgIpc) is 2.56. The van der Waals surface area contributed by atoms with E-state index in [-0.39, 0.29) is 34.1 Å². The van der Waals surface area contributed by atoms with E-state index in [4.69, 9.17) is 0 Å². The van der Waals surface area contributed by atoms with Crippen molar-refractivity contribution >= 4 is 11.6 Å². The second-order valence-corrected chi connectivity index (χ2v) is 8.84. The average molecular weight is 332 g/mol. The van der Waals surface area contributed by atoms with Crippen molar-refractivity contribution in [2.45, 2.75) is 52.9 Å². The lowest BCUT2D eigenvalue weighted by Gasteiger charge is -2.61. The third-order valence-corrected chi connectivity index (χ3v) is 7.59. The first kappa shape index (κ1) is 17.4. The maximum absolute atomic E-state index is 12.2. The van der Waals surface area contributed by atoms with Gasteiger partial charge in [-0.15, -0.1) is 0 Å². The van der Waals surface area contributed by atoms with Crippen molar-refractivity contribution in [3.8, 4) is 0 Å². The number of Topliss-reactive ketones (excluding diaryl/α,β-unsaturated/α-hetero) is 2. The molecule has 0 bridgehead atoms. The van der Waals surface area contributed by atoms with Crippen molar-refractivity contribution in [3.63, 3.8) is 0 Å². The van der Waals surface area contributed by atoms with E-state index in [0.717, 1.165) is 32.1 Å². The van der Waals surface area contributed by atoms with Crippen molar-refractivity contribution in [2.75, 3.05) is 6.61 Å². The minimum absolute atomic E-state index is 0.0581. The third-order valence-electron chi connectivity index (χ3n) is 7.59. The molecule has 0 aromatic carbocycles. The molecule has 0 saturated heterocycles. The first-order chi connectivity index (χ1) is 11.1. The summed E-state index contributed by atoms with van der Waals surface area (Å²) in [7, 11) is 0. The summed E-state index contributed by atoms with van der Waals surface area (Å²) in [5.41, 5.74) is -0.324. The number of carbonyl (C=O) groups excluding carboxylic acids is 2. The number of carbonyl (C=O) groups is 2. The molecular formula is C20H28O4. The van der Waals surface area contributed by atoms with Crippen molar-refractivity contribution in [2.24, 2.45) is 28.1 Å². The van der Waals surface area contributed by atoms with Gasteiger partial charge in [0.2, 0.25) is 5.78 Å². The molecule has 0 heterocycles. The van der Waals surface area contributed by atoms with E-state index in [1.807, 2.05) is 6.92 Å². The van der Waals surface area contributed by atoms with Gasteiger partial charge in [0, 0.05) is 16.4 Å². The van der Waals surface area contributed by atoms with Crippen LogP contribution in [0.1, 0.15) is 52.9 Å². The van der Waals surface area contributed by atoms with Crippen LogP contribution in [0.5, 0.6) is 0 Å². The number of aliphatic hydroxyl groups excluding tert-OH is 2. The maximum Gasteiger partial charge on any atom is 0.222 e. The topological polar surface area (TPSA) is 74.6 Å². The van der Waals surface area contributed by atoms with E-state index < -0.39 is 12.0 Å². The van der Waals surface area contributed by atoms with Gasteiger partial charge >= 0.3 is 0 Å². The van der Waals surface area contributed by atoms with Crippen molar-refractivity contribution in [3.05, 3.63) is 24.0 Å². The standard InChI is InChI=1S/C20H28O4/c1-12-17(24)14(22)9-15-19(12,3)6-5-13-10-18(2,16(23)11-21)7-8-20(13,15)4/h9,13,15,21-22H,1,5-8,10-11H2,2-4H3/t13-,15-,18-,19+,20-/m0/s1. The van der Waals surface area contributed by atoms with Crippen LogP contribution in [-0.4, -0.2) is 28.4 Å². The minimum Gasteiger partial charge on any atom is -0.504 e. The Hall–Kier alpha value is -1.42. The van der Waals surface area contributed by atoms with E-state index in [1.54, 1.807) is 6.08 Å². The van der Waals surface area contributed by atoms with Crippen LogP contribution in [0, 0.1) is 28.1 Å². The first-order valence-electron chi connectivity index (χ1n) is 8.87. The molecule has 0 radical (unpaired) electrons.